The molecule has 0 aliphatic heterocycles. The van der Waals surface area contributed by atoms with Crippen molar-refractivity contribution in [3.63, 3.8) is 0 Å². The van der Waals surface area contributed by atoms with Crippen molar-refractivity contribution in [3.8, 4) is 0 Å². The summed E-state index contributed by atoms with van der Waals surface area (Å²) in [6, 6.07) is 0. The Morgan fingerprint density at radius 3 is 1.56 bits per heavy atom. The zero-order chi connectivity index (χ0) is 13.6. The number of alkyl carbamates (subject to hydrolysis) is 2. The lowest BCUT2D eigenvalue weighted by atomic mass is 10.3. The molecule has 4 N–H and O–H groups in total. The molecule has 0 rings (SSSR count). The van der Waals surface area contributed by atoms with Gasteiger partial charge in [-0.05, 0) is 12.8 Å². The largest absolute Gasteiger partial charge is 0.447 e. The Bertz CT molecular complexity index is 212. The van der Waals surface area contributed by atoms with Crippen LogP contribution in [-0.2, 0) is 9.47 Å². The Morgan fingerprint density at radius 2 is 1.22 bits per heavy atom. The number of amides is 2. The standard InChI is InChI=1S/C10H20N2O6/c13-5-7-17-9(15)11-3-1-2-4-12-10(16)18-8-6-14/h13-14H,1-8H2,(H,11,15)(H,12,16). The van der Waals surface area contributed by atoms with E-state index in [-0.39, 0.29) is 26.4 Å². The first-order valence-electron chi connectivity index (χ1n) is 5.73. The minimum Gasteiger partial charge on any atom is -0.447 e. The SMILES string of the molecule is O=C(NCCCCNC(=O)OCCO)OCCO. The van der Waals surface area contributed by atoms with Gasteiger partial charge in [0.05, 0.1) is 13.2 Å². The molecule has 0 aliphatic carbocycles. The van der Waals surface area contributed by atoms with Gasteiger partial charge in [0.2, 0.25) is 0 Å². The summed E-state index contributed by atoms with van der Waals surface area (Å²) in [5.74, 6) is 0. The summed E-state index contributed by atoms with van der Waals surface area (Å²) in [6.07, 6.45) is 0.210. The first-order chi connectivity index (χ1) is 8.70. The minimum absolute atomic E-state index is 0.0237. The lowest BCUT2D eigenvalue weighted by Crippen LogP contribution is -2.28. The highest BCUT2D eigenvalue weighted by Gasteiger charge is 2.01. The van der Waals surface area contributed by atoms with Gasteiger partial charge in [0, 0.05) is 13.1 Å². The number of hydrogen-bond donors (Lipinski definition) is 4. The first-order valence-corrected chi connectivity index (χ1v) is 5.73. The molecule has 106 valence electrons. The van der Waals surface area contributed by atoms with Gasteiger partial charge in [0.25, 0.3) is 0 Å². The molecule has 0 bridgehead atoms. The number of unbranched alkanes of at least 4 members (excludes halogenated alkanes) is 1. The molecule has 0 aliphatic rings. The molecule has 0 aromatic rings. The fourth-order valence-corrected chi connectivity index (χ4v) is 1.01. The third-order valence-electron chi connectivity index (χ3n) is 1.79. The van der Waals surface area contributed by atoms with Crippen molar-refractivity contribution in [2.75, 3.05) is 39.5 Å². The van der Waals surface area contributed by atoms with Crippen LogP contribution in [0.4, 0.5) is 9.59 Å². The van der Waals surface area contributed by atoms with Gasteiger partial charge >= 0.3 is 12.2 Å². The maximum Gasteiger partial charge on any atom is 0.407 e. The third-order valence-corrected chi connectivity index (χ3v) is 1.79. The monoisotopic (exact) mass is 264 g/mol. The summed E-state index contributed by atoms with van der Waals surface area (Å²) in [6.45, 7) is 0.407. The lowest BCUT2D eigenvalue weighted by molar-refractivity contribution is 0.118. The van der Waals surface area contributed by atoms with Crippen LogP contribution in [0.25, 0.3) is 0 Å². The average molecular weight is 264 g/mol. The number of nitrogens with one attached hydrogen (secondary N) is 2. The van der Waals surface area contributed by atoms with Crippen molar-refractivity contribution in [1.29, 1.82) is 0 Å². The van der Waals surface area contributed by atoms with Crippen LogP contribution in [0.15, 0.2) is 0 Å². The van der Waals surface area contributed by atoms with Crippen LogP contribution in [0.5, 0.6) is 0 Å². The fourth-order valence-electron chi connectivity index (χ4n) is 1.01. The molecule has 8 nitrogen and oxygen atoms in total. The number of aliphatic hydroxyl groups excluding tert-OH is 2. The summed E-state index contributed by atoms with van der Waals surface area (Å²) < 4.78 is 9.13. The van der Waals surface area contributed by atoms with Crippen LogP contribution in [-0.4, -0.2) is 61.9 Å². The second kappa shape index (κ2) is 11.9. The molecule has 8 heteroatoms. The van der Waals surface area contributed by atoms with Crippen molar-refractivity contribution >= 4 is 12.2 Å². The van der Waals surface area contributed by atoms with E-state index >= 15 is 0 Å². The van der Waals surface area contributed by atoms with Crippen molar-refractivity contribution in [3.05, 3.63) is 0 Å². The molecule has 0 saturated carbocycles. The predicted octanol–water partition coefficient (Wildman–Crippen LogP) is -0.796. The second-order valence-electron chi connectivity index (χ2n) is 3.28. The number of aliphatic hydroxyl groups is 2. The van der Waals surface area contributed by atoms with Gasteiger partial charge in [-0.15, -0.1) is 0 Å². The molecule has 18 heavy (non-hydrogen) atoms. The quantitative estimate of drug-likeness (QED) is 0.405. The van der Waals surface area contributed by atoms with Crippen molar-refractivity contribution in [1.82, 2.24) is 10.6 Å². The van der Waals surface area contributed by atoms with Crippen molar-refractivity contribution in [2.24, 2.45) is 0 Å². The smallest absolute Gasteiger partial charge is 0.407 e. The molecule has 0 aromatic carbocycles. The van der Waals surface area contributed by atoms with E-state index in [2.05, 4.69) is 20.1 Å². The van der Waals surface area contributed by atoms with Gasteiger partial charge in [-0.3, -0.25) is 0 Å². The zero-order valence-electron chi connectivity index (χ0n) is 10.2. The number of carbonyl (C=O) groups is 2. The van der Waals surface area contributed by atoms with Crippen LogP contribution in [0.2, 0.25) is 0 Å². The minimum atomic E-state index is -0.570. The van der Waals surface area contributed by atoms with E-state index in [1.165, 1.54) is 0 Å². The summed E-state index contributed by atoms with van der Waals surface area (Å²) in [7, 11) is 0. The van der Waals surface area contributed by atoms with E-state index in [0.717, 1.165) is 0 Å². The normalized spacial score (nSPS) is 9.67. The van der Waals surface area contributed by atoms with Gasteiger partial charge in [0.15, 0.2) is 0 Å². The predicted molar refractivity (Wildman–Crippen MR) is 62.1 cm³/mol. The highest BCUT2D eigenvalue weighted by molar-refractivity contribution is 5.67. The van der Waals surface area contributed by atoms with Gasteiger partial charge in [-0.2, -0.15) is 0 Å². The van der Waals surface area contributed by atoms with Crippen LogP contribution in [0.3, 0.4) is 0 Å². The number of ether oxygens (including phenoxy) is 2. The van der Waals surface area contributed by atoms with Crippen LogP contribution in [0, 0.1) is 0 Å². The van der Waals surface area contributed by atoms with E-state index in [1.54, 1.807) is 0 Å². The van der Waals surface area contributed by atoms with Crippen molar-refractivity contribution < 1.29 is 29.3 Å². The van der Waals surface area contributed by atoms with Gasteiger partial charge < -0.3 is 30.3 Å². The molecule has 0 atom stereocenters. The van der Waals surface area contributed by atoms with E-state index in [4.69, 9.17) is 10.2 Å². The van der Waals surface area contributed by atoms with Crippen LogP contribution in [0.1, 0.15) is 12.8 Å². The molecule has 2 amide bonds. The van der Waals surface area contributed by atoms with E-state index < -0.39 is 12.2 Å². The zero-order valence-corrected chi connectivity index (χ0v) is 10.2. The van der Waals surface area contributed by atoms with Crippen LogP contribution < -0.4 is 10.6 Å². The Morgan fingerprint density at radius 1 is 0.833 bits per heavy atom. The van der Waals surface area contributed by atoms with Crippen LogP contribution >= 0.6 is 0 Å². The summed E-state index contributed by atoms with van der Waals surface area (Å²) in [5.41, 5.74) is 0. The van der Waals surface area contributed by atoms with Gasteiger partial charge in [-0.1, -0.05) is 0 Å². The molecule has 0 fully saturated rings. The average Bonchev–Trinajstić information content (AvgIpc) is 2.37. The summed E-state index contributed by atoms with van der Waals surface area (Å²) >= 11 is 0. The van der Waals surface area contributed by atoms with E-state index in [1.807, 2.05) is 0 Å². The van der Waals surface area contributed by atoms with Gasteiger partial charge in [0.1, 0.15) is 13.2 Å². The molecule has 0 heterocycles. The molecular formula is C10H20N2O6. The molecule has 0 spiro atoms. The third kappa shape index (κ3) is 11.0. The molecule has 0 saturated heterocycles. The summed E-state index contributed by atoms with van der Waals surface area (Å²) in [4.78, 5) is 21.8. The maximum absolute atomic E-state index is 10.9. The van der Waals surface area contributed by atoms with Gasteiger partial charge in [-0.25, -0.2) is 9.59 Å². The number of hydrogen-bond acceptors (Lipinski definition) is 6. The second-order valence-corrected chi connectivity index (χ2v) is 3.28. The lowest BCUT2D eigenvalue weighted by Gasteiger charge is -2.07. The Hall–Kier alpha value is -1.54. The highest BCUT2D eigenvalue weighted by atomic mass is 16.6. The first kappa shape index (κ1) is 16.5. The Labute approximate surface area is 105 Å². The fraction of sp³-hybridized carbons (Fsp3) is 0.800. The molecule has 0 unspecified atom stereocenters. The van der Waals surface area contributed by atoms with E-state index in [9.17, 15) is 9.59 Å². The molecule has 0 radical (unpaired) electrons. The Kier molecular flexibility index (Phi) is 10.9. The number of carbonyl (C=O) groups excluding carboxylic acids is 2. The molecular weight excluding hydrogens is 244 g/mol. The topological polar surface area (TPSA) is 117 Å². The van der Waals surface area contributed by atoms with E-state index in [0.29, 0.717) is 25.9 Å². The molecule has 0 aromatic heterocycles. The van der Waals surface area contributed by atoms with Crippen molar-refractivity contribution in [2.45, 2.75) is 12.8 Å². The summed E-state index contributed by atoms with van der Waals surface area (Å²) in [5, 5.41) is 21.8. The number of rotatable bonds is 9. The Balaban J connectivity index is 3.25. The maximum atomic E-state index is 10.9. The highest BCUT2D eigenvalue weighted by Crippen LogP contribution is 1.87.